The third-order valence-electron chi connectivity index (χ3n) is 2.48. The Morgan fingerprint density at radius 3 is 2.74 bits per heavy atom. The third-order valence-corrected chi connectivity index (χ3v) is 2.48. The molecule has 0 aliphatic rings. The number of rotatable bonds is 4. The Bertz CT molecular complexity index is 618. The van der Waals surface area contributed by atoms with Crippen molar-refractivity contribution in [2.45, 2.75) is 6.92 Å². The zero-order valence-electron chi connectivity index (χ0n) is 10.1. The maximum Gasteiger partial charge on any atom is 0.337 e. The summed E-state index contributed by atoms with van der Waals surface area (Å²) in [4.78, 5) is 18.2. The minimum Gasteiger partial charge on any atom is -0.365 e. The molecule has 1 N–H and O–H groups in total. The molecular formula is C12H11FN4O2. The lowest BCUT2D eigenvalue weighted by atomic mass is 10.1. The second-order valence-corrected chi connectivity index (χ2v) is 3.69. The second kappa shape index (κ2) is 5.38. The van der Waals surface area contributed by atoms with Gasteiger partial charge in [0.1, 0.15) is 12.1 Å². The smallest absolute Gasteiger partial charge is 0.337 e. The molecule has 0 unspecified atom stereocenters. The number of nitrogens with zero attached hydrogens (tertiary/aromatic N) is 3. The normalized spacial score (nSPS) is 10.2. The third kappa shape index (κ3) is 2.49. The van der Waals surface area contributed by atoms with Gasteiger partial charge in [-0.25, -0.2) is 14.4 Å². The fourth-order valence-electron chi connectivity index (χ4n) is 1.70. The molecule has 1 aromatic carbocycles. The maximum atomic E-state index is 13.7. The molecule has 0 spiro atoms. The molecule has 1 aromatic heterocycles. The maximum absolute atomic E-state index is 13.7. The van der Waals surface area contributed by atoms with E-state index in [0.29, 0.717) is 6.54 Å². The van der Waals surface area contributed by atoms with Crippen LogP contribution in [0.2, 0.25) is 0 Å². The summed E-state index contributed by atoms with van der Waals surface area (Å²) in [6.07, 6.45) is 1.17. The fourth-order valence-corrected chi connectivity index (χ4v) is 1.70. The average molecular weight is 262 g/mol. The van der Waals surface area contributed by atoms with Gasteiger partial charge in [0.05, 0.1) is 4.92 Å². The predicted octanol–water partition coefficient (Wildman–Crippen LogP) is 2.62. The summed E-state index contributed by atoms with van der Waals surface area (Å²) in [5.74, 6) is -0.479. The number of nitro groups is 1. The Kier molecular flexibility index (Phi) is 3.65. The van der Waals surface area contributed by atoms with E-state index in [0.717, 1.165) is 0 Å². The first-order valence-corrected chi connectivity index (χ1v) is 5.63. The number of hydrogen-bond acceptors (Lipinski definition) is 5. The second-order valence-electron chi connectivity index (χ2n) is 3.69. The van der Waals surface area contributed by atoms with E-state index in [1.165, 1.54) is 24.5 Å². The molecule has 98 valence electrons. The summed E-state index contributed by atoms with van der Waals surface area (Å²) in [5, 5.41) is 13.9. The van der Waals surface area contributed by atoms with Crippen LogP contribution in [-0.4, -0.2) is 21.4 Å². The molecule has 2 rings (SSSR count). The Morgan fingerprint density at radius 1 is 1.37 bits per heavy atom. The molecular weight excluding hydrogens is 251 g/mol. The lowest BCUT2D eigenvalue weighted by Gasteiger charge is -2.07. The van der Waals surface area contributed by atoms with Gasteiger partial charge in [-0.1, -0.05) is 12.1 Å². The lowest BCUT2D eigenvalue weighted by Crippen LogP contribution is -2.06. The summed E-state index contributed by atoms with van der Waals surface area (Å²) in [6, 6.07) is 5.78. The summed E-state index contributed by atoms with van der Waals surface area (Å²) in [7, 11) is 0. The largest absolute Gasteiger partial charge is 0.365 e. The average Bonchev–Trinajstić information content (AvgIpc) is 2.39. The summed E-state index contributed by atoms with van der Waals surface area (Å²) in [6.45, 7) is 2.25. The topological polar surface area (TPSA) is 81.0 Å². The first kappa shape index (κ1) is 12.9. The van der Waals surface area contributed by atoms with Crippen LogP contribution in [-0.2, 0) is 0 Å². The van der Waals surface area contributed by atoms with Crippen molar-refractivity contribution < 1.29 is 9.31 Å². The van der Waals surface area contributed by atoms with E-state index in [1.807, 2.05) is 0 Å². The lowest BCUT2D eigenvalue weighted by molar-refractivity contribution is -0.383. The SMILES string of the molecule is CCNc1ncnc(-c2ccccc2F)c1[N+](=O)[O-]. The van der Waals surface area contributed by atoms with Crippen LogP contribution in [0.3, 0.4) is 0 Å². The number of anilines is 1. The van der Waals surface area contributed by atoms with Crippen LogP contribution < -0.4 is 5.32 Å². The highest BCUT2D eigenvalue weighted by molar-refractivity contribution is 5.76. The zero-order chi connectivity index (χ0) is 13.8. The van der Waals surface area contributed by atoms with Crippen molar-refractivity contribution in [3.8, 4) is 11.3 Å². The molecule has 2 aromatic rings. The van der Waals surface area contributed by atoms with E-state index in [4.69, 9.17) is 0 Å². The van der Waals surface area contributed by atoms with Gasteiger partial charge < -0.3 is 5.32 Å². The molecule has 19 heavy (non-hydrogen) atoms. The monoisotopic (exact) mass is 262 g/mol. The number of benzene rings is 1. The van der Waals surface area contributed by atoms with Gasteiger partial charge in [-0.2, -0.15) is 0 Å². The molecule has 0 aliphatic heterocycles. The van der Waals surface area contributed by atoms with E-state index < -0.39 is 10.7 Å². The molecule has 0 amide bonds. The number of nitrogens with one attached hydrogen (secondary N) is 1. The van der Waals surface area contributed by atoms with Gasteiger partial charge in [0.25, 0.3) is 0 Å². The molecule has 6 nitrogen and oxygen atoms in total. The molecule has 7 heteroatoms. The van der Waals surface area contributed by atoms with Crippen molar-refractivity contribution in [3.05, 3.63) is 46.5 Å². The van der Waals surface area contributed by atoms with Crippen LogP contribution in [0.5, 0.6) is 0 Å². The highest BCUT2D eigenvalue weighted by Gasteiger charge is 2.25. The molecule has 0 fully saturated rings. The van der Waals surface area contributed by atoms with Crippen LogP contribution in [0.1, 0.15) is 6.92 Å². The van der Waals surface area contributed by atoms with Crippen molar-refractivity contribution in [1.82, 2.24) is 9.97 Å². The van der Waals surface area contributed by atoms with Gasteiger partial charge in [-0.15, -0.1) is 0 Å². The molecule has 1 heterocycles. The highest BCUT2D eigenvalue weighted by atomic mass is 19.1. The van der Waals surface area contributed by atoms with Crippen molar-refractivity contribution in [3.63, 3.8) is 0 Å². The minimum atomic E-state index is -0.611. The van der Waals surface area contributed by atoms with Gasteiger partial charge >= 0.3 is 5.69 Å². The predicted molar refractivity (Wildman–Crippen MR) is 68.2 cm³/mol. The summed E-state index contributed by atoms with van der Waals surface area (Å²) < 4.78 is 13.7. The van der Waals surface area contributed by atoms with E-state index in [1.54, 1.807) is 13.0 Å². The molecule has 0 atom stereocenters. The van der Waals surface area contributed by atoms with Gasteiger partial charge in [0, 0.05) is 12.1 Å². The van der Waals surface area contributed by atoms with Crippen molar-refractivity contribution >= 4 is 11.5 Å². The molecule has 0 bridgehead atoms. The van der Waals surface area contributed by atoms with Crippen LogP contribution in [0.25, 0.3) is 11.3 Å². The minimum absolute atomic E-state index is 0.0333. The Labute approximate surface area is 108 Å². The molecule has 0 saturated heterocycles. The molecule has 0 aliphatic carbocycles. The van der Waals surface area contributed by atoms with Crippen molar-refractivity contribution in [2.24, 2.45) is 0 Å². The van der Waals surface area contributed by atoms with Crippen molar-refractivity contribution in [2.75, 3.05) is 11.9 Å². The van der Waals surface area contributed by atoms with Crippen LogP contribution in [0.4, 0.5) is 15.9 Å². The van der Waals surface area contributed by atoms with Gasteiger partial charge in [0.2, 0.25) is 5.82 Å². The van der Waals surface area contributed by atoms with Gasteiger partial charge in [-0.05, 0) is 19.1 Å². The summed E-state index contributed by atoms with van der Waals surface area (Å²) in [5.41, 5.74) is -0.278. The Morgan fingerprint density at radius 2 is 2.11 bits per heavy atom. The van der Waals surface area contributed by atoms with Crippen molar-refractivity contribution in [1.29, 1.82) is 0 Å². The summed E-state index contributed by atoms with van der Waals surface area (Å²) >= 11 is 0. The Hall–Kier alpha value is -2.57. The highest BCUT2D eigenvalue weighted by Crippen LogP contribution is 2.33. The molecule has 0 radical (unpaired) electrons. The van der Waals surface area contributed by atoms with Gasteiger partial charge in [0.15, 0.2) is 5.69 Å². The van der Waals surface area contributed by atoms with E-state index in [9.17, 15) is 14.5 Å². The zero-order valence-corrected chi connectivity index (χ0v) is 10.1. The fraction of sp³-hybridized carbons (Fsp3) is 0.167. The van der Waals surface area contributed by atoms with Crippen LogP contribution >= 0.6 is 0 Å². The standard InChI is InChI=1S/C12H11FN4O2/c1-2-14-12-11(17(18)19)10(15-7-16-12)8-5-3-4-6-9(8)13/h3-7H,2H2,1H3,(H,14,15,16). The van der Waals surface area contributed by atoms with E-state index in [2.05, 4.69) is 15.3 Å². The quantitative estimate of drug-likeness (QED) is 0.676. The number of aromatic nitrogens is 2. The van der Waals surface area contributed by atoms with E-state index >= 15 is 0 Å². The van der Waals surface area contributed by atoms with Crippen LogP contribution in [0.15, 0.2) is 30.6 Å². The molecule has 0 saturated carbocycles. The first-order valence-electron chi connectivity index (χ1n) is 5.63. The Balaban J connectivity index is 2.67. The van der Waals surface area contributed by atoms with Crippen LogP contribution in [0, 0.1) is 15.9 Å². The van der Waals surface area contributed by atoms with Gasteiger partial charge in [-0.3, -0.25) is 10.1 Å². The van der Waals surface area contributed by atoms with E-state index in [-0.39, 0.29) is 22.8 Å². The number of halogens is 1. The number of hydrogen-bond donors (Lipinski definition) is 1. The first-order chi connectivity index (χ1) is 9.15.